The van der Waals surface area contributed by atoms with E-state index in [1.165, 1.54) is 18.2 Å². The Labute approximate surface area is 238 Å². The second kappa shape index (κ2) is 12.8. The monoisotopic (exact) mass is 584 g/mol. The third kappa shape index (κ3) is 7.20. The predicted octanol–water partition coefficient (Wildman–Crippen LogP) is 6.42. The van der Waals surface area contributed by atoms with Crippen molar-refractivity contribution in [2.75, 3.05) is 18.5 Å². The van der Waals surface area contributed by atoms with Gasteiger partial charge in [-0.3, -0.25) is 19.3 Å². The number of rotatable bonds is 9. The fourth-order valence-electron chi connectivity index (χ4n) is 3.54. The summed E-state index contributed by atoms with van der Waals surface area (Å²) in [6.07, 6.45) is 1.57. The molecule has 200 valence electrons. The molecular weight excluding hydrogens is 563 g/mol. The van der Waals surface area contributed by atoms with Crippen molar-refractivity contribution in [3.8, 4) is 5.75 Å². The summed E-state index contributed by atoms with van der Waals surface area (Å²) < 4.78 is 10.7. The van der Waals surface area contributed by atoms with Gasteiger partial charge in [0, 0.05) is 16.3 Å². The number of hydrogen-bond acceptors (Lipinski definition) is 7. The SMILES string of the molecule is CCOC(=O)c1cc(NC(=O)CN2C(=O)S/C(=C/c3ccc(OCc4ccccc4Cl)cc3)C2=O)ccc1Cl. The summed E-state index contributed by atoms with van der Waals surface area (Å²) >= 11 is 12.9. The molecule has 0 atom stereocenters. The minimum absolute atomic E-state index is 0.0886. The van der Waals surface area contributed by atoms with Gasteiger partial charge in [0.25, 0.3) is 11.1 Å². The number of carbonyl (C=O) groups is 4. The molecule has 8 nitrogen and oxygen atoms in total. The van der Waals surface area contributed by atoms with Crippen molar-refractivity contribution >= 4 is 69.8 Å². The van der Waals surface area contributed by atoms with Crippen LogP contribution in [-0.2, 0) is 20.9 Å². The van der Waals surface area contributed by atoms with Crippen LogP contribution in [0.3, 0.4) is 0 Å². The van der Waals surface area contributed by atoms with Gasteiger partial charge in [0.15, 0.2) is 0 Å². The topological polar surface area (TPSA) is 102 Å². The number of anilines is 1. The number of benzene rings is 3. The number of nitrogens with one attached hydrogen (secondary N) is 1. The quantitative estimate of drug-likeness (QED) is 0.228. The van der Waals surface area contributed by atoms with Crippen LogP contribution in [0.1, 0.15) is 28.4 Å². The van der Waals surface area contributed by atoms with Gasteiger partial charge in [-0.15, -0.1) is 0 Å². The number of thioether (sulfide) groups is 1. The van der Waals surface area contributed by atoms with E-state index in [0.29, 0.717) is 22.9 Å². The molecule has 1 aliphatic rings. The minimum atomic E-state index is -0.630. The van der Waals surface area contributed by atoms with Crippen molar-refractivity contribution in [2.45, 2.75) is 13.5 Å². The van der Waals surface area contributed by atoms with Crippen molar-refractivity contribution < 1.29 is 28.7 Å². The van der Waals surface area contributed by atoms with E-state index in [1.807, 2.05) is 18.2 Å². The first-order valence-corrected chi connectivity index (χ1v) is 13.3. The summed E-state index contributed by atoms with van der Waals surface area (Å²) in [6, 6.07) is 18.7. The van der Waals surface area contributed by atoms with E-state index in [0.717, 1.165) is 22.2 Å². The van der Waals surface area contributed by atoms with Crippen LogP contribution in [0.4, 0.5) is 10.5 Å². The largest absolute Gasteiger partial charge is 0.489 e. The van der Waals surface area contributed by atoms with Crippen LogP contribution in [0.2, 0.25) is 10.0 Å². The molecule has 0 spiro atoms. The van der Waals surface area contributed by atoms with Gasteiger partial charge in [0.1, 0.15) is 18.9 Å². The standard InChI is InChI=1S/C28H22Cl2N2O6S/c1-2-37-27(35)21-14-19(9-12-23(21)30)31-25(33)15-32-26(34)24(39-28(32)36)13-17-7-10-20(11-8-17)38-16-18-5-3-4-6-22(18)29/h3-14H,2,15-16H2,1H3,(H,31,33)/b24-13+. The summed E-state index contributed by atoms with van der Waals surface area (Å²) in [6.45, 7) is 1.64. The molecule has 0 bridgehead atoms. The molecule has 11 heteroatoms. The molecule has 0 aromatic heterocycles. The zero-order chi connectivity index (χ0) is 27.9. The van der Waals surface area contributed by atoms with Crippen LogP contribution in [0.15, 0.2) is 71.6 Å². The molecule has 3 amide bonds. The van der Waals surface area contributed by atoms with Crippen molar-refractivity contribution in [1.82, 2.24) is 4.90 Å². The van der Waals surface area contributed by atoms with Gasteiger partial charge in [-0.1, -0.05) is 53.5 Å². The van der Waals surface area contributed by atoms with Crippen LogP contribution in [-0.4, -0.2) is 41.1 Å². The molecule has 4 rings (SSSR count). The molecule has 1 aliphatic heterocycles. The third-order valence-corrected chi connectivity index (χ3v) is 7.06. The highest BCUT2D eigenvalue weighted by Gasteiger charge is 2.36. The number of hydrogen-bond donors (Lipinski definition) is 1. The Morgan fingerprint density at radius 3 is 2.46 bits per heavy atom. The zero-order valence-corrected chi connectivity index (χ0v) is 22.9. The molecule has 0 saturated carbocycles. The van der Waals surface area contributed by atoms with Gasteiger partial charge >= 0.3 is 5.97 Å². The molecule has 0 aliphatic carbocycles. The number of ether oxygens (including phenoxy) is 2. The van der Waals surface area contributed by atoms with E-state index >= 15 is 0 Å². The highest BCUT2D eigenvalue weighted by molar-refractivity contribution is 8.18. The number of esters is 1. The Bertz CT molecular complexity index is 1460. The van der Waals surface area contributed by atoms with Gasteiger partial charge in [0.05, 0.1) is 22.1 Å². The molecule has 3 aromatic rings. The van der Waals surface area contributed by atoms with Crippen LogP contribution in [0.25, 0.3) is 6.08 Å². The number of imide groups is 1. The lowest BCUT2D eigenvalue weighted by Gasteiger charge is -2.13. The summed E-state index contributed by atoms with van der Waals surface area (Å²) in [5, 5.41) is 2.79. The van der Waals surface area contributed by atoms with E-state index < -0.39 is 29.6 Å². The predicted molar refractivity (Wildman–Crippen MR) is 151 cm³/mol. The molecular formula is C28H22Cl2N2O6S. The van der Waals surface area contributed by atoms with Crippen molar-refractivity contribution in [3.63, 3.8) is 0 Å². The average molecular weight is 585 g/mol. The molecule has 1 fully saturated rings. The Morgan fingerprint density at radius 2 is 1.74 bits per heavy atom. The first-order valence-electron chi connectivity index (χ1n) is 11.7. The summed E-state index contributed by atoms with van der Waals surface area (Å²) in [7, 11) is 0. The van der Waals surface area contributed by atoms with Crippen molar-refractivity contribution in [3.05, 3.63) is 98.4 Å². The first kappa shape index (κ1) is 28.2. The first-order chi connectivity index (χ1) is 18.7. The maximum atomic E-state index is 12.8. The molecule has 0 radical (unpaired) electrons. The summed E-state index contributed by atoms with van der Waals surface area (Å²) in [5.74, 6) is -1.21. The van der Waals surface area contributed by atoms with E-state index in [-0.39, 0.29) is 27.8 Å². The number of amides is 3. The Balaban J connectivity index is 1.36. The lowest BCUT2D eigenvalue weighted by Crippen LogP contribution is -2.36. The van der Waals surface area contributed by atoms with Crippen LogP contribution >= 0.6 is 35.0 Å². The smallest absolute Gasteiger partial charge is 0.339 e. The zero-order valence-electron chi connectivity index (χ0n) is 20.6. The lowest BCUT2D eigenvalue weighted by molar-refractivity contribution is -0.127. The van der Waals surface area contributed by atoms with Gasteiger partial charge in [0.2, 0.25) is 5.91 Å². The van der Waals surface area contributed by atoms with E-state index in [1.54, 1.807) is 43.3 Å². The average Bonchev–Trinajstić information content (AvgIpc) is 3.17. The van der Waals surface area contributed by atoms with E-state index in [4.69, 9.17) is 32.7 Å². The molecule has 1 saturated heterocycles. The highest BCUT2D eigenvalue weighted by atomic mass is 35.5. The maximum Gasteiger partial charge on any atom is 0.339 e. The fraction of sp³-hybridized carbons (Fsp3) is 0.143. The number of halogens is 2. The van der Waals surface area contributed by atoms with Gasteiger partial charge < -0.3 is 14.8 Å². The Morgan fingerprint density at radius 1 is 1.00 bits per heavy atom. The number of nitrogens with zero attached hydrogens (tertiary/aromatic N) is 1. The second-order valence-electron chi connectivity index (χ2n) is 8.18. The van der Waals surface area contributed by atoms with Crippen molar-refractivity contribution in [2.24, 2.45) is 0 Å². The Hall–Kier alpha value is -3.79. The van der Waals surface area contributed by atoms with Crippen LogP contribution < -0.4 is 10.1 Å². The molecule has 39 heavy (non-hydrogen) atoms. The lowest BCUT2D eigenvalue weighted by atomic mass is 10.2. The van der Waals surface area contributed by atoms with Crippen LogP contribution in [0.5, 0.6) is 5.75 Å². The second-order valence-corrected chi connectivity index (χ2v) is 9.99. The summed E-state index contributed by atoms with van der Waals surface area (Å²) in [4.78, 5) is 51.0. The molecule has 1 N–H and O–H groups in total. The van der Waals surface area contributed by atoms with Gasteiger partial charge in [-0.2, -0.15) is 0 Å². The van der Waals surface area contributed by atoms with Crippen molar-refractivity contribution in [1.29, 1.82) is 0 Å². The van der Waals surface area contributed by atoms with Gasteiger partial charge in [-0.25, -0.2) is 4.79 Å². The number of carbonyl (C=O) groups excluding carboxylic acids is 4. The van der Waals surface area contributed by atoms with E-state index in [9.17, 15) is 19.2 Å². The highest BCUT2D eigenvalue weighted by Crippen LogP contribution is 2.32. The normalized spacial score (nSPS) is 14.0. The Kier molecular flexibility index (Phi) is 9.29. The molecule has 0 unspecified atom stereocenters. The summed E-state index contributed by atoms with van der Waals surface area (Å²) in [5.41, 5.74) is 1.90. The fourth-order valence-corrected chi connectivity index (χ4v) is 4.76. The maximum absolute atomic E-state index is 12.8. The third-order valence-electron chi connectivity index (χ3n) is 5.45. The minimum Gasteiger partial charge on any atom is -0.489 e. The molecule has 1 heterocycles. The van der Waals surface area contributed by atoms with Crippen LogP contribution in [0, 0.1) is 0 Å². The molecule has 3 aromatic carbocycles. The van der Waals surface area contributed by atoms with Gasteiger partial charge in [-0.05, 0) is 66.7 Å². The van der Waals surface area contributed by atoms with E-state index in [2.05, 4.69) is 5.32 Å².